The standard InChI is InChI=1S/C19H14O.6C19H14S/c1-13-6-4-7-14(12-13)15-9-5-11-18-19(15)16-8-2-3-10-17(16)20-18;1-13-6-4-7-14(12-13)15-9-5-10-17-16-8-2-3-11-18(16)20-19(15)17;1-13-7-2-3-8-14(13)16-10-6-11-17-15-9-4-5-12-18(15)20-19(16)17;1-13-5-4-6-14(11-13)15-9-10-19-17(12-15)16-7-2-3-8-18(16)20-19;1-13-6-2-3-7-15(13)14-10-11-19-17(12-14)16-8-4-5-9-18(16)20-19;1-13-9-11-14(12-10-13)15-6-4-7-17-16-5-2-3-8-18(16)20-19(15)17;1-13-6-8-14(9-7-13)15-10-11-19-17(12-15)16-4-2-3-5-18(16)20-19/h7*2-12H,1H3. The van der Waals surface area contributed by atoms with Crippen LogP contribution in [0.25, 0.3) is 221 Å². The first kappa shape index (κ1) is 89.9. The predicted octanol–water partition coefficient (Wildman–Crippen LogP) is 41.7. The van der Waals surface area contributed by atoms with Gasteiger partial charge in [-0.2, -0.15) is 0 Å². The highest BCUT2D eigenvalue weighted by Crippen LogP contribution is 2.47. The molecule has 0 aliphatic heterocycles. The molecule has 0 saturated carbocycles. The van der Waals surface area contributed by atoms with Crippen LogP contribution < -0.4 is 0 Å². The van der Waals surface area contributed by atoms with Crippen LogP contribution in [0.2, 0.25) is 0 Å². The monoisotopic (exact) mass is 1900 g/mol. The molecule has 672 valence electrons. The van der Waals surface area contributed by atoms with Crippen LogP contribution in [0.15, 0.2) is 472 Å². The summed E-state index contributed by atoms with van der Waals surface area (Å²) in [6, 6.07) is 167. The summed E-state index contributed by atoms with van der Waals surface area (Å²) >= 11 is 11.3. The summed E-state index contributed by atoms with van der Waals surface area (Å²) in [5.74, 6) is 0. The Morgan fingerprint density at radius 3 is 0.871 bits per heavy atom. The lowest BCUT2D eigenvalue weighted by Gasteiger charge is -2.06. The van der Waals surface area contributed by atoms with Crippen LogP contribution in [0.3, 0.4) is 0 Å². The Hall–Kier alpha value is -15.3. The second kappa shape index (κ2) is 40.1. The normalized spacial score (nSPS) is 11.2. The van der Waals surface area contributed by atoms with Crippen LogP contribution in [-0.4, -0.2) is 0 Å². The highest BCUT2D eigenvalue weighted by atomic mass is 32.1. The summed E-state index contributed by atoms with van der Waals surface area (Å²) in [6.45, 7) is 15.0. The van der Waals surface area contributed by atoms with Crippen molar-refractivity contribution in [2.24, 2.45) is 0 Å². The summed E-state index contributed by atoms with van der Waals surface area (Å²) in [5.41, 5.74) is 29.3. The Morgan fingerprint density at radius 2 is 0.414 bits per heavy atom. The molecule has 0 N–H and O–H groups in total. The van der Waals surface area contributed by atoms with Gasteiger partial charge in [-0.15, -0.1) is 68.0 Å². The fourth-order valence-electron chi connectivity index (χ4n) is 19.3. The summed E-state index contributed by atoms with van der Waals surface area (Å²) in [5, 5.41) is 18.8. The van der Waals surface area contributed by atoms with Crippen LogP contribution >= 0.6 is 68.0 Å². The molecule has 7 aromatic heterocycles. The van der Waals surface area contributed by atoms with Crippen LogP contribution in [0.1, 0.15) is 38.9 Å². The van der Waals surface area contributed by atoms with Gasteiger partial charge in [0.05, 0.1) is 0 Å². The quantitative estimate of drug-likeness (QED) is 0.155. The molecular weight excluding hydrogens is 1810 g/mol. The van der Waals surface area contributed by atoms with Crippen molar-refractivity contribution in [1.29, 1.82) is 0 Å². The second-order valence-corrected chi connectivity index (χ2v) is 42.4. The van der Waals surface area contributed by atoms with E-state index >= 15 is 0 Å². The zero-order chi connectivity index (χ0) is 94.7. The molecule has 0 radical (unpaired) electrons. The number of hydrogen-bond donors (Lipinski definition) is 0. The van der Waals surface area contributed by atoms with Crippen molar-refractivity contribution in [2.75, 3.05) is 0 Å². The summed E-state index contributed by atoms with van der Waals surface area (Å²) in [6.07, 6.45) is 0. The van der Waals surface area contributed by atoms with Crippen LogP contribution in [0, 0.1) is 48.5 Å². The minimum absolute atomic E-state index is 0.947. The summed E-state index contributed by atoms with van der Waals surface area (Å²) < 4.78 is 22.4. The lowest BCUT2D eigenvalue weighted by molar-refractivity contribution is 0.669. The number of furan rings is 1. The van der Waals surface area contributed by atoms with E-state index in [4.69, 9.17) is 4.42 Å². The predicted molar refractivity (Wildman–Crippen MR) is 621 cm³/mol. The summed E-state index contributed by atoms with van der Waals surface area (Å²) in [4.78, 5) is 0. The molecule has 0 fully saturated rings. The van der Waals surface area contributed by atoms with Gasteiger partial charge in [0.1, 0.15) is 11.2 Å². The van der Waals surface area contributed by atoms with E-state index in [9.17, 15) is 0 Å². The molecule has 28 aromatic rings. The first-order chi connectivity index (χ1) is 68.8. The van der Waals surface area contributed by atoms with Gasteiger partial charge in [0.15, 0.2) is 0 Å². The molecule has 1 nitrogen and oxygen atoms in total. The maximum absolute atomic E-state index is 5.94. The maximum atomic E-state index is 5.94. The average molecular weight is 1900 g/mol. The first-order valence-electron chi connectivity index (χ1n) is 47.6. The second-order valence-electron chi connectivity index (χ2n) is 36.0. The number of aryl methyl sites for hydroxylation is 7. The lowest BCUT2D eigenvalue weighted by atomic mass is 9.98. The number of hydrogen-bond acceptors (Lipinski definition) is 7. The van der Waals surface area contributed by atoms with Crippen molar-refractivity contribution in [1.82, 2.24) is 0 Å². The van der Waals surface area contributed by atoms with Crippen LogP contribution in [0.5, 0.6) is 0 Å². The van der Waals surface area contributed by atoms with E-state index in [2.05, 4.69) is 497 Å². The Kier molecular flexibility index (Phi) is 25.7. The van der Waals surface area contributed by atoms with Gasteiger partial charge in [0.2, 0.25) is 0 Å². The van der Waals surface area contributed by atoms with E-state index in [0.29, 0.717) is 0 Å². The van der Waals surface area contributed by atoms with Crippen molar-refractivity contribution >= 4 is 211 Å². The van der Waals surface area contributed by atoms with Gasteiger partial charge < -0.3 is 4.42 Å². The molecule has 0 saturated heterocycles. The van der Waals surface area contributed by atoms with Gasteiger partial charge in [-0.05, 0) is 222 Å². The smallest absolute Gasteiger partial charge is 0.136 e. The van der Waals surface area contributed by atoms with Crippen LogP contribution in [0.4, 0.5) is 0 Å². The SMILES string of the molecule is Cc1ccc(-c2ccc3sc4ccccc4c3c2)cc1.Cc1ccc(-c2cccc3c2sc2ccccc23)cc1.Cc1cccc(-c2ccc3sc4ccccc4c3c2)c1.Cc1cccc(-c2cccc3c2sc2ccccc23)c1.Cc1cccc(-c2cccc3oc4ccccc4c23)c1.Cc1ccccc1-c1ccc2sc3ccccc3c2c1.Cc1ccccc1-c1cccc2c1sc1ccccc12. The third kappa shape index (κ3) is 18.6. The summed E-state index contributed by atoms with van der Waals surface area (Å²) in [7, 11) is 0. The van der Waals surface area contributed by atoms with E-state index < -0.39 is 0 Å². The molecule has 0 spiro atoms. The van der Waals surface area contributed by atoms with Gasteiger partial charge in [-0.1, -0.05) is 410 Å². The van der Waals surface area contributed by atoms with Gasteiger partial charge in [-0.3, -0.25) is 0 Å². The van der Waals surface area contributed by atoms with E-state index in [1.807, 2.05) is 86.2 Å². The number of thiophene rings is 6. The maximum Gasteiger partial charge on any atom is 0.136 e. The molecule has 0 unspecified atom stereocenters. The Balaban J connectivity index is 0.0000000939. The molecule has 0 bridgehead atoms. The van der Waals surface area contributed by atoms with Gasteiger partial charge in [0.25, 0.3) is 0 Å². The van der Waals surface area contributed by atoms with Crippen molar-refractivity contribution in [3.05, 3.63) is 506 Å². The molecule has 0 amide bonds. The van der Waals surface area contributed by atoms with Crippen molar-refractivity contribution in [3.8, 4) is 77.9 Å². The lowest BCUT2D eigenvalue weighted by Crippen LogP contribution is -1.82. The highest BCUT2D eigenvalue weighted by molar-refractivity contribution is 7.28. The van der Waals surface area contributed by atoms with E-state index in [-0.39, 0.29) is 0 Å². The third-order valence-corrected chi connectivity index (χ3v) is 33.5. The van der Waals surface area contributed by atoms with Gasteiger partial charge >= 0.3 is 0 Å². The zero-order valence-corrected chi connectivity index (χ0v) is 83.7. The van der Waals surface area contributed by atoms with E-state index in [0.717, 1.165) is 11.2 Å². The average Bonchev–Trinajstić information content (AvgIpc) is 1.72. The van der Waals surface area contributed by atoms with Crippen LogP contribution in [-0.2, 0) is 0 Å². The number of benzene rings is 21. The van der Waals surface area contributed by atoms with E-state index in [1.165, 1.54) is 249 Å². The molecule has 28 rings (SSSR count). The topological polar surface area (TPSA) is 13.1 Å². The third-order valence-electron chi connectivity index (χ3n) is 26.4. The molecule has 7 heterocycles. The fraction of sp³-hybridized carbons (Fsp3) is 0.0526. The molecule has 0 atom stereocenters. The minimum Gasteiger partial charge on any atom is -0.456 e. The molecule has 21 aromatic carbocycles. The Bertz CT molecular complexity index is 9390. The molecule has 0 aliphatic rings. The number of rotatable bonds is 7. The zero-order valence-electron chi connectivity index (χ0n) is 78.8. The number of fused-ring (bicyclic) bond motifs is 21. The molecular formula is C133H98OS6. The minimum atomic E-state index is 0.947. The van der Waals surface area contributed by atoms with Crippen molar-refractivity contribution in [2.45, 2.75) is 48.5 Å². The van der Waals surface area contributed by atoms with Gasteiger partial charge in [0, 0.05) is 132 Å². The largest absolute Gasteiger partial charge is 0.456 e. The Labute approximate surface area is 840 Å². The fourth-order valence-corrected chi connectivity index (χ4v) is 26.3. The Morgan fingerprint density at radius 1 is 0.143 bits per heavy atom. The number of para-hydroxylation sites is 1. The van der Waals surface area contributed by atoms with E-state index in [1.54, 1.807) is 0 Å². The first-order valence-corrected chi connectivity index (χ1v) is 52.5. The van der Waals surface area contributed by atoms with Gasteiger partial charge in [-0.25, -0.2) is 0 Å². The van der Waals surface area contributed by atoms with Crippen molar-refractivity contribution in [3.63, 3.8) is 0 Å². The molecule has 0 aliphatic carbocycles. The highest BCUT2D eigenvalue weighted by Gasteiger charge is 2.18. The van der Waals surface area contributed by atoms with Crippen molar-refractivity contribution < 1.29 is 4.42 Å². The molecule has 140 heavy (non-hydrogen) atoms. The molecule has 7 heteroatoms.